The van der Waals surface area contributed by atoms with Gasteiger partial charge >= 0.3 is 0 Å². The number of nitrogens with zero attached hydrogens (tertiary/aromatic N) is 3. The molecule has 3 aliphatic heterocycles. The number of ether oxygens (including phenoxy) is 2. The minimum Gasteiger partial charge on any atom is -0.381 e. The molecule has 2 fully saturated rings. The first-order valence-corrected chi connectivity index (χ1v) is 12.6. The van der Waals surface area contributed by atoms with Crippen LogP contribution in [0.4, 0.5) is 8.78 Å². The zero-order chi connectivity index (χ0) is 24.3. The van der Waals surface area contributed by atoms with Crippen molar-refractivity contribution in [1.29, 1.82) is 0 Å². The summed E-state index contributed by atoms with van der Waals surface area (Å²) >= 11 is 5.82. The fraction of sp³-hybridized carbons (Fsp3) is 0.500. The van der Waals surface area contributed by atoms with Crippen LogP contribution in [0.25, 0.3) is 22.2 Å². The van der Waals surface area contributed by atoms with Crippen LogP contribution in [0.1, 0.15) is 56.0 Å². The molecule has 6 rings (SSSR count). The Morgan fingerprint density at radius 1 is 1.11 bits per heavy atom. The molecule has 6 nitrogen and oxygen atoms in total. The Morgan fingerprint density at radius 3 is 2.77 bits per heavy atom. The maximum absolute atomic E-state index is 15.1. The van der Waals surface area contributed by atoms with Crippen LogP contribution in [0.15, 0.2) is 23.0 Å². The van der Waals surface area contributed by atoms with Crippen LogP contribution >= 0.6 is 11.6 Å². The fourth-order valence-corrected chi connectivity index (χ4v) is 5.83. The van der Waals surface area contributed by atoms with Gasteiger partial charge in [-0.25, -0.2) is 13.8 Å². The zero-order valence-electron chi connectivity index (χ0n) is 19.4. The van der Waals surface area contributed by atoms with Crippen LogP contribution in [0.5, 0.6) is 0 Å². The van der Waals surface area contributed by atoms with Crippen molar-refractivity contribution in [2.75, 3.05) is 19.8 Å². The molecule has 5 heterocycles. The number of pyridine rings is 1. The SMILES string of the molecule is CC1CCn2c1nc1c(-c3ccc(Cl)c(F)c3F)nc(C3CCOC(C4CCOC4)C3)cc1c2=O. The van der Waals surface area contributed by atoms with Gasteiger partial charge in [-0.05, 0) is 43.9 Å². The number of halogens is 3. The smallest absolute Gasteiger partial charge is 0.261 e. The molecule has 0 amide bonds. The number of benzene rings is 1. The summed E-state index contributed by atoms with van der Waals surface area (Å²) in [5, 5.41) is 0.0742. The lowest BCUT2D eigenvalue weighted by molar-refractivity contribution is -0.0310. The molecule has 0 saturated carbocycles. The third-order valence-electron chi connectivity index (χ3n) is 7.73. The number of rotatable bonds is 3. The monoisotopic (exact) mass is 501 g/mol. The predicted octanol–water partition coefficient (Wildman–Crippen LogP) is 5.20. The van der Waals surface area contributed by atoms with E-state index in [1.165, 1.54) is 12.1 Å². The van der Waals surface area contributed by atoms with Crippen molar-refractivity contribution in [3.63, 3.8) is 0 Å². The lowest BCUT2D eigenvalue weighted by Gasteiger charge is -2.32. The van der Waals surface area contributed by atoms with E-state index in [0.29, 0.717) is 48.1 Å². The Hall–Kier alpha value is -2.42. The quantitative estimate of drug-likeness (QED) is 0.462. The molecule has 0 bridgehead atoms. The minimum atomic E-state index is -1.14. The van der Waals surface area contributed by atoms with Crippen molar-refractivity contribution in [2.45, 2.75) is 57.1 Å². The minimum absolute atomic E-state index is 0.0225. The third-order valence-corrected chi connectivity index (χ3v) is 8.02. The molecule has 35 heavy (non-hydrogen) atoms. The van der Waals surface area contributed by atoms with E-state index >= 15 is 4.39 Å². The van der Waals surface area contributed by atoms with E-state index < -0.39 is 11.6 Å². The summed E-state index contributed by atoms with van der Waals surface area (Å²) in [5.74, 6) is -1.13. The van der Waals surface area contributed by atoms with E-state index in [2.05, 4.69) is 0 Å². The largest absolute Gasteiger partial charge is 0.381 e. The normalized spacial score (nSPS) is 26.4. The lowest BCUT2D eigenvalue weighted by Crippen LogP contribution is -2.32. The highest BCUT2D eigenvalue weighted by molar-refractivity contribution is 6.30. The molecule has 0 aliphatic carbocycles. The van der Waals surface area contributed by atoms with Crippen LogP contribution in [0, 0.1) is 17.6 Å². The number of hydrogen-bond donors (Lipinski definition) is 0. The summed E-state index contributed by atoms with van der Waals surface area (Å²) < 4.78 is 42.9. The molecule has 3 aromatic rings. The second-order valence-corrected chi connectivity index (χ2v) is 10.3. The van der Waals surface area contributed by atoms with Crippen LogP contribution in [0.3, 0.4) is 0 Å². The van der Waals surface area contributed by atoms with Gasteiger partial charge in [0.15, 0.2) is 11.6 Å². The molecule has 184 valence electrons. The second-order valence-electron chi connectivity index (χ2n) is 9.89. The van der Waals surface area contributed by atoms with Gasteiger partial charge < -0.3 is 9.47 Å². The number of fused-ring (bicyclic) bond motifs is 2. The molecule has 2 saturated heterocycles. The Bertz CT molecular complexity index is 1370. The summed E-state index contributed by atoms with van der Waals surface area (Å²) in [7, 11) is 0. The maximum Gasteiger partial charge on any atom is 0.261 e. The Balaban J connectivity index is 1.53. The van der Waals surface area contributed by atoms with Crippen molar-refractivity contribution >= 4 is 22.5 Å². The van der Waals surface area contributed by atoms with Crippen molar-refractivity contribution in [3.8, 4) is 11.3 Å². The molecule has 0 N–H and O–H groups in total. The molecule has 2 aromatic heterocycles. The van der Waals surface area contributed by atoms with E-state index in [-0.39, 0.29) is 39.8 Å². The molecule has 4 atom stereocenters. The average molecular weight is 502 g/mol. The third kappa shape index (κ3) is 3.86. The molecule has 0 spiro atoms. The van der Waals surface area contributed by atoms with Crippen molar-refractivity contribution in [2.24, 2.45) is 5.92 Å². The first-order chi connectivity index (χ1) is 16.9. The van der Waals surface area contributed by atoms with Crippen molar-refractivity contribution in [3.05, 3.63) is 56.7 Å². The maximum atomic E-state index is 15.1. The summed E-state index contributed by atoms with van der Waals surface area (Å²) in [6.45, 7) is 4.59. The Labute approximate surface area is 206 Å². The highest BCUT2D eigenvalue weighted by Gasteiger charge is 2.34. The van der Waals surface area contributed by atoms with Crippen molar-refractivity contribution < 1.29 is 18.3 Å². The van der Waals surface area contributed by atoms with E-state index in [9.17, 15) is 9.18 Å². The Kier molecular flexibility index (Phi) is 5.86. The van der Waals surface area contributed by atoms with E-state index in [0.717, 1.165) is 32.3 Å². The van der Waals surface area contributed by atoms with Crippen LogP contribution in [0.2, 0.25) is 5.02 Å². The van der Waals surface area contributed by atoms with E-state index in [4.69, 9.17) is 31.0 Å². The van der Waals surface area contributed by atoms with Gasteiger partial charge in [0.1, 0.15) is 17.0 Å². The summed E-state index contributed by atoms with van der Waals surface area (Å²) in [6, 6.07) is 4.51. The summed E-state index contributed by atoms with van der Waals surface area (Å²) in [4.78, 5) is 23.1. The topological polar surface area (TPSA) is 66.2 Å². The number of hydrogen-bond acceptors (Lipinski definition) is 5. The fourth-order valence-electron chi connectivity index (χ4n) is 5.68. The van der Waals surface area contributed by atoms with Gasteiger partial charge in [0.25, 0.3) is 5.56 Å². The molecule has 3 aliphatic rings. The van der Waals surface area contributed by atoms with Gasteiger partial charge in [-0.15, -0.1) is 0 Å². The average Bonchev–Trinajstić information content (AvgIpc) is 3.54. The second kappa shape index (κ2) is 8.91. The van der Waals surface area contributed by atoms with Gasteiger partial charge in [0, 0.05) is 48.8 Å². The molecule has 9 heteroatoms. The summed E-state index contributed by atoms with van der Waals surface area (Å²) in [5.41, 5.74) is 0.945. The van der Waals surface area contributed by atoms with Crippen LogP contribution in [-0.2, 0) is 16.0 Å². The van der Waals surface area contributed by atoms with Crippen molar-refractivity contribution in [1.82, 2.24) is 14.5 Å². The van der Waals surface area contributed by atoms with Gasteiger partial charge in [-0.1, -0.05) is 18.5 Å². The first kappa shape index (κ1) is 23.0. The van der Waals surface area contributed by atoms with Gasteiger partial charge in [0.2, 0.25) is 0 Å². The van der Waals surface area contributed by atoms with Crippen LogP contribution < -0.4 is 5.56 Å². The van der Waals surface area contributed by atoms with Crippen LogP contribution in [-0.4, -0.2) is 40.5 Å². The highest BCUT2D eigenvalue weighted by Crippen LogP contribution is 2.38. The van der Waals surface area contributed by atoms with E-state index in [1.54, 1.807) is 10.6 Å². The van der Waals surface area contributed by atoms with Gasteiger partial charge in [-0.2, -0.15) is 0 Å². The Morgan fingerprint density at radius 2 is 1.97 bits per heavy atom. The summed E-state index contributed by atoms with van der Waals surface area (Å²) in [6.07, 6.45) is 3.28. The molecular formula is C26H26ClF2N3O3. The standard InChI is InChI=1S/C26H26ClF2N3O3/c1-13-4-7-32-25(13)31-24-17(26(32)33)11-19(14-6-9-35-20(10-14)15-5-8-34-12-15)30-23(24)16-2-3-18(27)22(29)21(16)28/h2-3,11,13-15,20H,4-10,12H2,1H3. The molecular weight excluding hydrogens is 476 g/mol. The lowest BCUT2D eigenvalue weighted by atomic mass is 9.85. The molecule has 4 unspecified atom stereocenters. The predicted molar refractivity (Wildman–Crippen MR) is 128 cm³/mol. The van der Waals surface area contributed by atoms with Gasteiger partial charge in [0.05, 0.1) is 23.1 Å². The van der Waals surface area contributed by atoms with Gasteiger partial charge in [-0.3, -0.25) is 14.3 Å². The zero-order valence-corrected chi connectivity index (χ0v) is 20.2. The first-order valence-electron chi connectivity index (χ1n) is 12.2. The molecule has 0 radical (unpaired) electrons. The highest BCUT2D eigenvalue weighted by atomic mass is 35.5. The van der Waals surface area contributed by atoms with E-state index in [1.807, 2.05) is 6.92 Å². The molecule has 1 aromatic carbocycles. The number of aromatic nitrogens is 3.